The number of hydrogen-bond donors (Lipinski definition) is 1. The molecule has 1 rings (SSSR count). The fraction of sp³-hybridized carbons (Fsp3) is 0.708. The van der Waals surface area contributed by atoms with Crippen molar-refractivity contribution in [3.8, 4) is 5.75 Å². The summed E-state index contributed by atoms with van der Waals surface area (Å²) in [6, 6.07) is 6.21. The van der Waals surface area contributed by atoms with Crippen LogP contribution in [0.3, 0.4) is 0 Å². The molecule has 0 spiro atoms. The monoisotopic (exact) mass is 391 g/mol. The second-order valence-corrected chi connectivity index (χ2v) is 7.71. The lowest BCUT2D eigenvalue weighted by molar-refractivity contribution is 0.0487. The van der Waals surface area contributed by atoms with Gasteiger partial charge < -0.3 is 14.7 Å². The summed E-state index contributed by atoms with van der Waals surface area (Å²) in [5, 5.41) is 9.29. The Balaban J connectivity index is 2.26. The number of unbranched alkanes of at least 4 members (excludes halogenated alkanes) is 8. The maximum absolute atomic E-state index is 12.0. The summed E-state index contributed by atoms with van der Waals surface area (Å²) in [4.78, 5) is 14.6. The van der Waals surface area contributed by atoms with Crippen molar-refractivity contribution < 1.29 is 14.6 Å². The highest BCUT2D eigenvalue weighted by molar-refractivity contribution is 5.89. The van der Waals surface area contributed by atoms with E-state index in [1.807, 2.05) is 0 Å². The smallest absolute Gasteiger partial charge is 0.338 e. The molecule has 0 radical (unpaired) electrons. The Labute approximate surface area is 172 Å². The zero-order chi connectivity index (χ0) is 20.5. The van der Waals surface area contributed by atoms with Gasteiger partial charge in [0.1, 0.15) is 5.75 Å². The molecular weight excluding hydrogens is 350 g/mol. The summed E-state index contributed by atoms with van der Waals surface area (Å²) < 4.78 is 5.39. The van der Waals surface area contributed by atoms with Gasteiger partial charge in [0.15, 0.2) is 0 Å². The van der Waals surface area contributed by atoms with Crippen LogP contribution in [0, 0.1) is 0 Å². The molecule has 1 aromatic rings. The molecule has 1 aromatic carbocycles. The van der Waals surface area contributed by atoms with Crippen molar-refractivity contribution in [2.75, 3.05) is 26.2 Å². The Hall–Kier alpha value is -1.55. The zero-order valence-electron chi connectivity index (χ0n) is 18.1. The van der Waals surface area contributed by atoms with Crippen LogP contribution in [0.5, 0.6) is 5.75 Å². The van der Waals surface area contributed by atoms with E-state index < -0.39 is 0 Å². The number of carbonyl (C=O) groups is 1. The second kappa shape index (κ2) is 16.4. The average molecular weight is 392 g/mol. The summed E-state index contributed by atoms with van der Waals surface area (Å²) in [5.41, 5.74) is 0.488. The third-order valence-electron chi connectivity index (χ3n) is 5.11. The molecule has 28 heavy (non-hydrogen) atoms. The molecule has 0 aliphatic heterocycles. The minimum Gasteiger partial charge on any atom is -0.508 e. The van der Waals surface area contributed by atoms with Crippen molar-refractivity contribution in [1.29, 1.82) is 0 Å². The van der Waals surface area contributed by atoms with Gasteiger partial charge in [-0.05, 0) is 56.6 Å². The lowest BCUT2D eigenvalue weighted by Crippen LogP contribution is -2.28. The Morgan fingerprint density at radius 2 is 1.29 bits per heavy atom. The van der Waals surface area contributed by atoms with E-state index in [9.17, 15) is 9.90 Å². The first-order chi connectivity index (χ1) is 13.7. The molecule has 0 atom stereocenters. The minimum absolute atomic E-state index is 0.157. The highest BCUT2D eigenvalue weighted by Gasteiger charge is 2.08. The highest BCUT2D eigenvalue weighted by atomic mass is 16.5. The number of aromatic hydroxyl groups is 1. The fourth-order valence-corrected chi connectivity index (χ4v) is 3.35. The van der Waals surface area contributed by atoms with Crippen LogP contribution in [0.1, 0.15) is 94.8 Å². The van der Waals surface area contributed by atoms with Gasteiger partial charge in [-0.25, -0.2) is 4.79 Å². The average Bonchev–Trinajstić information content (AvgIpc) is 2.70. The SMILES string of the molecule is CCCCCCCN(CCCCCCC)CCCOC(=O)c1ccc(O)cc1. The number of benzene rings is 1. The summed E-state index contributed by atoms with van der Waals surface area (Å²) >= 11 is 0. The minimum atomic E-state index is -0.314. The number of phenols is 1. The number of esters is 1. The van der Waals surface area contributed by atoms with Crippen LogP contribution < -0.4 is 0 Å². The molecule has 0 fully saturated rings. The molecule has 160 valence electrons. The van der Waals surface area contributed by atoms with Crippen molar-refractivity contribution in [3.63, 3.8) is 0 Å². The zero-order valence-corrected chi connectivity index (χ0v) is 18.1. The first-order valence-electron chi connectivity index (χ1n) is 11.4. The Morgan fingerprint density at radius 3 is 1.82 bits per heavy atom. The second-order valence-electron chi connectivity index (χ2n) is 7.71. The molecule has 0 amide bonds. The van der Waals surface area contributed by atoms with Crippen molar-refractivity contribution in [2.45, 2.75) is 84.5 Å². The number of nitrogens with zero attached hydrogens (tertiary/aromatic N) is 1. The van der Waals surface area contributed by atoms with Gasteiger partial charge in [-0.1, -0.05) is 65.2 Å². The van der Waals surface area contributed by atoms with Crippen LogP contribution in [-0.2, 0) is 4.74 Å². The lowest BCUT2D eigenvalue weighted by atomic mass is 10.1. The molecular formula is C24H41NO3. The Kier molecular flexibility index (Phi) is 14.4. The number of rotatable bonds is 17. The number of carbonyl (C=O) groups excluding carboxylic acids is 1. The van der Waals surface area contributed by atoms with Gasteiger partial charge >= 0.3 is 5.97 Å². The molecule has 4 heteroatoms. The topological polar surface area (TPSA) is 49.8 Å². The van der Waals surface area contributed by atoms with Gasteiger partial charge in [0.2, 0.25) is 0 Å². The lowest BCUT2D eigenvalue weighted by Gasteiger charge is -2.22. The van der Waals surface area contributed by atoms with Gasteiger partial charge in [-0.2, -0.15) is 0 Å². The van der Waals surface area contributed by atoms with Crippen LogP contribution in [0.15, 0.2) is 24.3 Å². The molecule has 0 unspecified atom stereocenters. The van der Waals surface area contributed by atoms with Crippen molar-refractivity contribution in [2.24, 2.45) is 0 Å². The summed E-state index contributed by atoms with van der Waals surface area (Å²) in [6.07, 6.45) is 14.0. The van der Waals surface area contributed by atoms with E-state index >= 15 is 0 Å². The maximum Gasteiger partial charge on any atom is 0.338 e. The van der Waals surface area contributed by atoms with Gasteiger partial charge in [0.25, 0.3) is 0 Å². The first-order valence-corrected chi connectivity index (χ1v) is 11.4. The van der Waals surface area contributed by atoms with E-state index in [2.05, 4.69) is 18.7 Å². The highest BCUT2D eigenvalue weighted by Crippen LogP contribution is 2.11. The van der Waals surface area contributed by atoms with Gasteiger partial charge in [-0.15, -0.1) is 0 Å². The predicted octanol–water partition coefficient (Wildman–Crippen LogP) is 6.18. The predicted molar refractivity (Wildman–Crippen MR) is 117 cm³/mol. The summed E-state index contributed by atoms with van der Waals surface area (Å²) in [7, 11) is 0. The van der Waals surface area contributed by atoms with E-state index in [1.165, 1.54) is 76.3 Å². The Morgan fingerprint density at radius 1 is 0.786 bits per heavy atom. The quantitative estimate of drug-likeness (QED) is 0.254. The van der Waals surface area contributed by atoms with Gasteiger partial charge in [0, 0.05) is 6.54 Å². The van der Waals surface area contributed by atoms with Crippen molar-refractivity contribution >= 4 is 5.97 Å². The van der Waals surface area contributed by atoms with E-state index in [0.717, 1.165) is 26.1 Å². The molecule has 0 saturated heterocycles. The normalized spacial score (nSPS) is 11.1. The van der Waals surface area contributed by atoms with E-state index in [0.29, 0.717) is 12.2 Å². The van der Waals surface area contributed by atoms with Crippen LogP contribution in [0.25, 0.3) is 0 Å². The molecule has 0 saturated carbocycles. The first kappa shape index (κ1) is 24.5. The molecule has 1 N–H and O–H groups in total. The summed E-state index contributed by atoms with van der Waals surface area (Å²) in [5.74, 6) is -0.157. The van der Waals surface area contributed by atoms with Crippen molar-refractivity contribution in [1.82, 2.24) is 4.90 Å². The fourth-order valence-electron chi connectivity index (χ4n) is 3.35. The Bertz CT molecular complexity index is 487. The number of hydrogen-bond acceptors (Lipinski definition) is 4. The van der Waals surface area contributed by atoms with Crippen LogP contribution >= 0.6 is 0 Å². The third-order valence-corrected chi connectivity index (χ3v) is 5.11. The largest absolute Gasteiger partial charge is 0.508 e. The molecule has 0 bridgehead atoms. The molecule has 0 aliphatic rings. The summed E-state index contributed by atoms with van der Waals surface area (Å²) in [6.45, 7) is 8.25. The van der Waals surface area contributed by atoms with Crippen LogP contribution in [0.2, 0.25) is 0 Å². The van der Waals surface area contributed by atoms with Crippen LogP contribution in [0.4, 0.5) is 0 Å². The number of phenolic OH excluding ortho intramolecular Hbond substituents is 1. The van der Waals surface area contributed by atoms with Crippen molar-refractivity contribution in [3.05, 3.63) is 29.8 Å². The molecule has 0 heterocycles. The van der Waals surface area contributed by atoms with E-state index in [-0.39, 0.29) is 11.7 Å². The third kappa shape index (κ3) is 12.0. The standard InChI is InChI=1S/C24H41NO3/c1-3-5-7-9-11-18-25(19-12-10-8-6-4-2)20-13-21-28-24(27)22-14-16-23(26)17-15-22/h14-17,26H,3-13,18-21H2,1-2H3. The van der Waals surface area contributed by atoms with Gasteiger partial charge in [0.05, 0.1) is 12.2 Å². The van der Waals surface area contributed by atoms with E-state index in [4.69, 9.17) is 4.74 Å². The molecule has 0 aliphatic carbocycles. The van der Waals surface area contributed by atoms with Crippen LogP contribution in [-0.4, -0.2) is 42.2 Å². The van der Waals surface area contributed by atoms with E-state index in [1.54, 1.807) is 12.1 Å². The van der Waals surface area contributed by atoms with Gasteiger partial charge in [-0.3, -0.25) is 0 Å². The molecule has 0 aromatic heterocycles. The molecule has 4 nitrogen and oxygen atoms in total. The number of ether oxygens (including phenoxy) is 1. The maximum atomic E-state index is 12.0.